The van der Waals surface area contributed by atoms with E-state index in [0.717, 1.165) is 30.6 Å². The topological polar surface area (TPSA) is 65.4 Å². The highest BCUT2D eigenvalue weighted by molar-refractivity contribution is 5.88. The molecule has 5 heteroatoms. The van der Waals surface area contributed by atoms with Gasteiger partial charge < -0.3 is 15.6 Å². The van der Waals surface area contributed by atoms with Gasteiger partial charge in [0.15, 0.2) is 0 Å². The van der Waals surface area contributed by atoms with Gasteiger partial charge in [0.2, 0.25) is 5.91 Å². The molecule has 0 bridgehead atoms. The number of rotatable bonds is 6. The molecule has 0 aliphatic carbocycles. The van der Waals surface area contributed by atoms with Gasteiger partial charge in [-0.1, -0.05) is 43.7 Å². The molecule has 0 radical (unpaired) electrons. The van der Waals surface area contributed by atoms with Gasteiger partial charge in [-0.3, -0.25) is 9.69 Å². The van der Waals surface area contributed by atoms with E-state index < -0.39 is 0 Å². The number of anilines is 1. The average Bonchev–Trinajstić information content (AvgIpc) is 3.09. The number of nitrogens with two attached hydrogens (primary N) is 1. The number of nitrogens with one attached hydrogen (secondary N) is 1. The van der Waals surface area contributed by atoms with Crippen molar-refractivity contribution < 1.29 is 4.79 Å². The summed E-state index contributed by atoms with van der Waals surface area (Å²) < 4.78 is 0. The average molecular weight is 391 g/mol. The fourth-order valence-electron chi connectivity index (χ4n) is 4.53. The number of hydrogen-bond acceptors (Lipinski definition) is 3. The summed E-state index contributed by atoms with van der Waals surface area (Å²) in [6.45, 7) is 3.03. The van der Waals surface area contributed by atoms with Gasteiger partial charge in [-0.2, -0.15) is 0 Å². The van der Waals surface area contributed by atoms with Crippen LogP contribution >= 0.6 is 0 Å². The zero-order valence-corrected chi connectivity index (χ0v) is 17.5. The number of fused-ring (bicyclic) bond motifs is 3. The normalized spacial score (nSPS) is 19.3. The summed E-state index contributed by atoms with van der Waals surface area (Å²) in [5.41, 5.74) is 11.8. The molecule has 1 aliphatic heterocycles. The number of hydrogen-bond donors (Lipinski definition) is 2. The molecule has 2 unspecified atom stereocenters. The molecule has 2 aromatic carbocycles. The molecule has 0 saturated heterocycles. The van der Waals surface area contributed by atoms with E-state index in [4.69, 9.17) is 5.73 Å². The lowest BCUT2D eigenvalue weighted by atomic mass is 9.87. The fourth-order valence-corrected chi connectivity index (χ4v) is 4.53. The van der Waals surface area contributed by atoms with Crippen LogP contribution in [0.2, 0.25) is 0 Å². The molecule has 1 aromatic heterocycles. The van der Waals surface area contributed by atoms with Gasteiger partial charge in [0.25, 0.3) is 0 Å². The Balaban J connectivity index is 1.88. The van der Waals surface area contributed by atoms with E-state index in [0.29, 0.717) is 6.42 Å². The Morgan fingerprint density at radius 3 is 2.55 bits per heavy atom. The van der Waals surface area contributed by atoms with Crippen molar-refractivity contribution in [3.63, 3.8) is 0 Å². The van der Waals surface area contributed by atoms with Crippen LogP contribution in [0.3, 0.4) is 0 Å². The highest BCUT2D eigenvalue weighted by atomic mass is 16.1. The zero-order valence-electron chi connectivity index (χ0n) is 17.5. The molecule has 2 heterocycles. The fraction of sp³-hybridized carbons (Fsp3) is 0.375. The number of para-hydroxylation sites is 1. The third-order valence-electron chi connectivity index (χ3n) is 6.07. The molecule has 4 rings (SSSR count). The van der Waals surface area contributed by atoms with Gasteiger partial charge >= 0.3 is 0 Å². The Morgan fingerprint density at radius 2 is 1.90 bits per heavy atom. The van der Waals surface area contributed by atoms with Gasteiger partial charge in [-0.15, -0.1) is 0 Å². The Morgan fingerprint density at radius 1 is 1.17 bits per heavy atom. The SMILES string of the molecule is CCCCN1C(C(N)=O)Cc2c([nH]c3ccccc23)C1c1ccc(N(C)C)cc1. The van der Waals surface area contributed by atoms with Crippen LogP contribution in [0.15, 0.2) is 48.5 Å². The Kier molecular flexibility index (Phi) is 5.33. The number of amides is 1. The molecule has 5 nitrogen and oxygen atoms in total. The van der Waals surface area contributed by atoms with Crippen molar-refractivity contribution in [2.24, 2.45) is 5.73 Å². The van der Waals surface area contributed by atoms with Crippen molar-refractivity contribution in [3.05, 3.63) is 65.4 Å². The third-order valence-corrected chi connectivity index (χ3v) is 6.07. The number of H-pyrrole nitrogens is 1. The van der Waals surface area contributed by atoms with Crippen LogP contribution in [0.1, 0.15) is 42.6 Å². The number of primary amides is 1. The summed E-state index contributed by atoms with van der Waals surface area (Å²) in [5.74, 6) is -0.244. The van der Waals surface area contributed by atoms with Crippen LogP contribution in [0, 0.1) is 0 Å². The predicted octanol–water partition coefficient (Wildman–Crippen LogP) is 3.84. The van der Waals surface area contributed by atoms with E-state index in [1.54, 1.807) is 0 Å². The molecule has 29 heavy (non-hydrogen) atoms. The molecule has 2 atom stereocenters. The molecule has 152 valence electrons. The Labute approximate surface area is 172 Å². The van der Waals surface area contributed by atoms with Crippen molar-refractivity contribution in [1.29, 1.82) is 0 Å². The summed E-state index contributed by atoms with van der Waals surface area (Å²) in [4.78, 5) is 20.5. The largest absolute Gasteiger partial charge is 0.378 e. The molecular formula is C24H30N4O. The standard InChI is InChI=1S/C24H30N4O/c1-4-5-14-28-21(24(25)29)15-19-18-8-6-7-9-20(18)26-22(19)23(28)16-10-12-17(13-11-16)27(2)3/h6-13,21,23,26H,4-5,14-15H2,1-3H3,(H2,25,29). The number of unbranched alkanes of at least 4 members (excludes halogenated alkanes) is 1. The molecule has 1 aliphatic rings. The maximum absolute atomic E-state index is 12.5. The number of carbonyl (C=O) groups is 1. The zero-order chi connectivity index (χ0) is 20.5. The first-order valence-corrected chi connectivity index (χ1v) is 10.4. The molecule has 0 fully saturated rings. The van der Waals surface area contributed by atoms with Crippen molar-refractivity contribution in [2.45, 2.75) is 38.3 Å². The monoisotopic (exact) mass is 390 g/mol. The highest BCUT2D eigenvalue weighted by Crippen LogP contribution is 2.41. The quantitative estimate of drug-likeness (QED) is 0.672. The van der Waals surface area contributed by atoms with Crippen LogP contribution in [0.25, 0.3) is 10.9 Å². The van der Waals surface area contributed by atoms with E-state index >= 15 is 0 Å². The number of benzene rings is 2. The first-order valence-electron chi connectivity index (χ1n) is 10.4. The van der Waals surface area contributed by atoms with Crippen molar-refractivity contribution in [1.82, 2.24) is 9.88 Å². The molecule has 3 N–H and O–H groups in total. The summed E-state index contributed by atoms with van der Waals surface area (Å²) >= 11 is 0. The molecule has 3 aromatic rings. The van der Waals surface area contributed by atoms with Gasteiger partial charge in [0, 0.05) is 36.4 Å². The second-order valence-corrected chi connectivity index (χ2v) is 8.16. The minimum Gasteiger partial charge on any atom is -0.378 e. The summed E-state index contributed by atoms with van der Waals surface area (Å²) in [6.07, 6.45) is 2.77. The first-order chi connectivity index (χ1) is 14.0. The van der Waals surface area contributed by atoms with Crippen LogP contribution in [0.5, 0.6) is 0 Å². The van der Waals surface area contributed by atoms with Crippen LogP contribution in [-0.2, 0) is 11.2 Å². The van der Waals surface area contributed by atoms with Gasteiger partial charge in [-0.25, -0.2) is 0 Å². The third kappa shape index (κ3) is 3.51. The first kappa shape index (κ1) is 19.5. The van der Waals surface area contributed by atoms with E-state index in [2.05, 4.69) is 64.2 Å². The van der Waals surface area contributed by atoms with Gasteiger partial charge in [-0.05, 0) is 48.7 Å². The molecule has 0 spiro atoms. The van der Waals surface area contributed by atoms with Gasteiger partial charge in [0.1, 0.15) is 0 Å². The summed E-state index contributed by atoms with van der Waals surface area (Å²) in [5, 5.41) is 1.19. The number of carbonyl (C=O) groups excluding carboxylic acids is 1. The highest BCUT2D eigenvalue weighted by Gasteiger charge is 2.39. The van der Waals surface area contributed by atoms with E-state index in [9.17, 15) is 4.79 Å². The summed E-state index contributed by atoms with van der Waals surface area (Å²) in [6, 6.07) is 16.7. The Bertz CT molecular complexity index is 1010. The summed E-state index contributed by atoms with van der Waals surface area (Å²) in [7, 11) is 4.09. The van der Waals surface area contributed by atoms with E-state index in [-0.39, 0.29) is 18.0 Å². The minimum absolute atomic E-state index is 0.00795. The maximum Gasteiger partial charge on any atom is 0.235 e. The lowest BCUT2D eigenvalue weighted by molar-refractivity contribution is -0.124. The molecule has 1 amide bonds. The molecular weight excluding hydrogens is 360 g/mol. The lowest BCUT2D eigenvalue weighted by Crippen LogP contribution is -2.51. The lowest BCUT2D eigenvalue weighted by Gasteiger charge is -2.41. The van der Waals surface area contributed by atoms with Crippen LogP contribution < -0.4 is 10.6 Å². The minimum atomic E-state index is -0.299. The second kappa shape index (κ2) is 7.91. The second-order valence-electron chi connectivity index (χ2n) is 8.16. The van der Waals surface area contributed by atoms with Crippen molar-refractivity contribution in [2.75, 3.05) is 25.5 Å². The number of aromatic nitrogens is 1. The van der Waals surface area contributed by atoms with Crippen molar-refractivity contribution in [3.8, 4) is 0 Å². The number of nitrogens with zero attached hydrogens (tertiary/aromatic N) is 2. The van der Waals surface area contributed by atoms with E-state index in [1.807, 2.05) is 20.2 Å². The predicted molar refractivity (Wildman–Crippen MR) is 119 cm³/mol. The maximum atomic E-state index is 12.5. The van der Waals surface area contributed by atoms with Crippen molar-refractivity contribution >= 4 is 22.5 Å². The van der Waals surface area contributed by atoms with Crippen LogP contribution in [-0.4, -0.2) is 42.5 Å². The molecule has 0 saturated carbocycles. The van der Waals surface area contributed by atoms with Crippen LogP contribution in [0.4, 0.5) is 5.69 Å². The van der Waals surface area contributed by atoms with E-state index in [1.165, 1.54) is 22.2 Å². The van der Waals surface area contributed by atoms with Gasteiger partial charge in [0.05, 0.1) is 12.1 Å². The Hall–Kier alpha value is -2.79. The number of aromatic amines is 1. The smallest absolute Gasteiger partial charge is 0.235 e.